The fourth-order valence-corrected chi connectivity index (χ4v) is 4.43. The van der Waals surface area contributed by atoms with Crippen molar-refractivity contribution >= 4 is 22.7 Å². The quantitative estimate of drug-likeness (QED) is 0.238. The second kappa shape index (κ2) is 9.89. The van der Waals surface area contributed by atoms with Crippen LogP contribution in [0.1, 0.15) is 16.8 Å². The molecule has 3 aromatic heterocycles. The summed E-state index contributed by atoms with van der Waals surface area (Å²) in [7, 11) is 0. The zero-order valence-corrected chi connectivity index (χ0v) is 19.4. The van der Waals surface area contributed by atoms with E-state index in [-0.39, 0.29) is 5.56 Å². The molecule has 0 saturated carbocycles. The van der Waals surface area contributed by atoms with Gasteiger partial charge in [0, 0.05) is 18.1 Å². The number of pyridine rings is 2. The summed E-state index contributed by atoms with van der Waals surface area (Å²) < 4.78 is 7.42. The highest BCUT2D eigenvalue weighted by Gasteiger charge is 2.14. The average molecular weight is 467 g/mol. The van der Waals surface area contributed by atoms with Crippen LogP contribution in [0, 0.1) is 6.92 Å². The van der Waals surface area contributed by atoms with E-state index in [1.165, 1.54) is 11.8 Å². The van der Waals surface area contributed by atoms with Gasteiger partial charge in [-0.3, -0.25) is 9.78 Å². The summed E-state index contributed by atoms with van der Waals surface area (Å²) in [6.45, 7) is 2.39. The second-order valence-electron chi connectivity index (χ2n) is 7.79. The fourth-order valence-electron chi connectivity index (χ4n) is 3.47. The summed E-state index contributed by atoms with van der Waals surface area (Å²) in [6, 6.07) is 24.9. The van der Waals surface area contributed by atoms with E-state index in [4.69, 9.17) is 9.72 Å². The Morgan fingerprint density at radius 1 is 0.912 bits per heavy atom. The van der Waals surface area contributed by atoms with Crippen molar-refractivity contribution in [3.63, 3.8) is 0 Å². The van der Waals surface area contributed by atoms with Gasteiger partial charge in [-0.15, -0.1) is 0 Å². The van der Waals surface area contributed by atoms with Crippen LogP contribution in [0.25, 0.3) is 16.7 Å². The highest BCUT2D eigenvalue weighted by Crippen LogP contribution is 2.25. The van der Waals surface area contributed by atoms with Crippen molar-refractivity contribution in [2.75, 3.05) is 0 Å². The molecule has 6 nitrogen and oxygen atoms in total. The van der Waals surface area contributed by atoms with Crippen LogP contribution in [0.5, 0.6) is 5.75 Å². The zero-order chi connectivity index (χ0) is 23.3. The number of thioether (sulfide) groups is 1. The Labute approximate surface area is 201 Å². The van der Waals surface area contributed by atoms with Crippen LogP contribution in [0.4, 0.5) is 0 Å². The number of aromatic nitrogens is 4. The van der Waals surface area contributed by atoms with E-state index in [0.717, 1.165) is 22.6 Å². The van der Waals surface area contributed by atoms with Gasteiger partial charge in [-0.1, -0.05) is 48.2 Å². The molecule has 0 fully saturated rings. The summed E-state index contributed by atoms with van der Waals surface area (Å²) in [5.41, 5.74) is 3.57. The third-order valence-corrected chi connectivity index (χ3v) is 6.28. The summed E-state index contributed by atoms with van der Waals surface area (Å²) in [6.07, 6.45) is 3.51. The topological polar surface area (TPSA) is 69.9 Å². The number of ether oxygens (including phenoxy) is 1. The number of rotatable bonds is 7. The van der Waals surface area contributed by atoms with Crippen molar-refractivity contribution < 1.29 is 4.74 Å². The highest BCUT2D eigenvalue weighted by molar-refractivity contribution is 7.98. The molecule has 0 unspecified atom stereocenters. The van der Waals surface area contributed by atoms with Crippen LogP contribution < -0.4 is 10.3 Å². The molecule has 0 N–H and O–H groups in total. The standard InChI is InChI=1S/C27H22N4O2S/c1-19-9-14-25(29-16-19)31-26(32)23-7-2-3-8-24(23)30-27(31)34-18-20-10-12-22(13-11-20)33-17-21-6-4-5-15-28-21/h2-16H,17-18H2,1H3. The van der Waals surface area contributed by atoms with E-state index >= 15 is 0 Å². The first kappa shape index (κ1) is 21.9. The first-order valence-electron chi connectivity index (χ1n) is 10.9. The Morgan fingerprint density at radius 2 is 1.74 bits per heavy atom. The molecule has 34 heavy (non-hydrogen) atoms. The Kier molecular flexibility index (Phi) is 6.35. The van der Waals surface area contributed by atoms with Crippen molar-refractivity contribution in [1.82, 2.24) is 19.5 Å². The lowest BCUT2D eigenvalue weighted by Crippen LogP contribution is -2.22. The van der Waals surface area contributed by atoms with Crippen LogP contribution >= 0.6 is 11.8 Å². The molecule has 3 heterocycles. The van der Waals surface area contributed by atoms with Crippen LogP contribution in [0.2, 0.25) is 0 Å². The first-order valence-corrected chi connectivity index (χ1v) is 11.9. The number of hydrogen-bond donors (Lipinski definition) is 0. The minimum atomic E-state index is -0.122. The predicted octanol–water partition coefficient (Wildman–Crippen LogP) is 5.36. The van der Waals surface area contributed by atoms with E-state index in [1.54, 1.807) is 23.0 Å². The SMILES string of the molecule is Cc1ccc(-n2c(SCc3ccc(OCc4ccccn4)cc3)nc3ccccc3c2=O)nc1. The van der Waals surface area contributed by atoms with Gasteiger partial charge in [0.05, 0.1) is 16.6 Å². The Balaban J connectivity index is 1.37. The van der Waals surface area contributed by atoms with E-state index < -0.39 is 0 Å². The molecule has 7 heteroatoms. The van der Waals surface area contributed by atoms with Crippen LogP contribution in [-0.2, 0) is 12.4 Å². The summed E-state index contributed by atoms with van der Waals surface area (Å²) in [5, 5.41) is 1.18. The summed E-state index contributed by atoms with van der Waals surface area (Å²) in [4.78, 5) is 26.9. The van der Waals surface area contributed by atoms with Gasteiger partial charge in [-0.05, 0) is 60.5 Å². The third-order valence-electron chi connectivity index (χ3n) is 5.27. The highest BCUT2D eigenvalue weighted by atomic mass is 32.2. The van der Waals surface area contributed by atoms with E-state index in [2.05, 4.69) is 9.97 Å². The number of benzene rings is 2. The van der Waals surface area contributed by atoms with Crippen molar-refractivity contribution in [2.24, 2.45) is 0 Å². The van der Waals surface area contributed by atoms with Gasteiger partial charge in [0.25, 0.3) is 5.56 Å². The van der Waals surface area contributed by atoms with Crippen molar-refractivity contribution in [2.45, 2.75) is 24.4 Å². The minimum Gasteiger partial charge on any atom is -0.487 e. The van der Waals surface area contributed by atoms with E-state index in [9.17, 15) is 4.79 Å². The van der Waals surface area contributed by atoms with Crippen LogP contribution in [0.3, 0.4) is 0 Å². The number of para-hydroxylation sites is 1. The Morgan fingerprint density at radius 3 is 2.50 bits per heavy atom. The molecule has 0 aliphatic carbocycles. The summed E-state index contributed by atoms with van der Waals surface area (Å²) >= 11 is 1.51. The summed E-state index contributed by atoms with van der Waals surface area (Å²) in [5.74, 6) is 2.00. The normalized spacial score (nSPS) is 11.0. The molecule has 2 aromatic carbocycles. The second-order valence-corrected chi connectivity index (χ2v) is 8.73. The number of aryl methyl sites for hydroxylation is 1. The maximum absolute atomic E-state index is 13.3. The molecule has 0 aliphatic rings. The molecule has 0 saturated heterocycles. The maximum Gasteiger partial charge on any atom is 0.267 e. The third kappa shape index (κ3) is 4.84. The number of hydrogen-bond acceptors (Lipinski definition) is 6. The molecule has 0 amide bonds. The molecule has 0 aliphatic heterocycles. The lowest BCUT2D eigenvalue weighted by molar-refractivity contribution is 0.301. The number of fused-ring (bicyclic) bond motifs is 1. The smallest absolute Gasteiger partial charge is 0.267 e. The van der Waals surface area contributed by atoms with Gasteiger partial charge in [-0.2, -0.15) is 0 Å². The first-order chi connectivity index (χ1) is 16.7. The molecule has 0 radical (unpaired) electrons. The van der Waals surface area contributed by atoms with Gasteiger partial charge in [0.1, 0.15) is 18.2 Å². The van der Waals surface area contributed by atoms with Gasteiger partial charge >= 0.3 is 0 Å². The molecular weight excluding hydrogens is 444 g/mol. The molecule has 168 valence electrons. The average Bonchev–Trinajstić information content (AvgIpc) is 2.88. The number of nitrogens with zero attached hydrogens (tertiary/aromatic N) is 4. The van der Waals surface area contributed by atoms with Crippen molar-refractivity contribution in [3.8, 4) is 11.6 Å². The predicted molar refractivity (Wildman–Crippen MR) is 134 cm³/mol. The molecular formula is C27H22N4O2S. The van der Waals surface area contributed by atoms with Crippen molar-refractivity contribution in [1.29, 1.82) is 0 Å². The molecule has 5 rings (SSSR count). The molecule has 0 bridgehead atoms. The Hall–Kier alpha value is -3.97. The molecule has 5 aromatic rings. The van der Waals surface area contributed by atoms with Gasteiger partial charge in [-0.25, -0.2) is 14.5 Å². The largest absolute Gasteiger partial charge is 0.487 e. The van der Waals surface area contributed by atoms with E-state index in [1.807, 2.05) is 79.7 Å². The lowest BCUT2D eigenvalue weighted by atomic mass is 10.2. The lowest BCUT2D eigenvalue weighted by Gasteiger charge is -2.13. The van der Waals surface area contributed by atoms with Gasteiger partial charge < -0.3 is 4.74 Å². The van der Waals surface area contributed by atoms with Crippen LogP contribution in [-0.4, -0.2) is 19.5 Å². The van der Waals surface area contributed by atoms with E-state index in [0.29, 0.717) is 34.2 Å². The Bertz CT molecular complexity index is 1470. The van der Waals surface area contributed by atoms with Gasteiger partial charge in [0.2, 0.25) is 0 Å². The zero-order valence-electron chi connectivity index (χ0n) is 18.6. The maximum atomic E-state index is 13.3. The monoisotopic (exact) mass is 466 g/mol. The molecule has 0 spiro atoms. The molecule has 0 atom stereocenters. The van der Waals surface area contributed by atoms with Gasteiger partial charge in [0.15, 0.2) is 5.16 Å². The van der Waals surface area contributed by atoms with Crippen LogP contribution in [0.15, 0.2) is 101 Å². The van der Waals surface area contributed by atoms with Crippen molar-refractivity contribution in [3.05, 3.63) is 118 Å². The minimum absolute atomic E-state index is 0.122. The fraction of sp³-hybridized carbons (Fsp3) is 0.111.